The highest BCUT2D eigenvalue weighted by atomic mass is 32.2. The molecular weight excluding hydrogens is 460 g/mol. The Hall–Kier alpha value is -3.78. The highest BCUT2D eigenvalue weighted by Gasteiger charge is 2.23. The van der Waals surface area contributed by atoms with Crippen LogP contribution in [-0.4, -0.2) is 32.7 Å². The predicted octanol–water partition coefficient (Wildman–Crippen LogP) is 5.08. The van der Waals surface area contributed by atoms with Crippen molar-refractivity contribution in [2.24, 2.45) is 0 Å². The maximum atomic E-state index is 13.0. The van der Waals surface area contributed by atoms with E-state index in [1.807, 2.05) is 97.3 Å². The van der Waals surface area contributed by atoms with Crippen molar-refractivity contribution in [3.05, 3.63) is 90.0 Å². The van der Waals surface area contributed by atoms with Gasteiger partial charge in [0.2, 0.25) is 12.7 Å². The third kappa shape index (κ3) is 5.17. The third-order valence-corrected chi connectivity index (χ3v) is 6.92. The van der Waals surface area contributed by atoms with Crippen molar-refractivity contribution in [3.8, 4) is 22.9 Å². The fraction of sp³-hybridized carbons (Fsp3) is 0.222. The monoisotopic (exact) mass is 486 g/mol. The molecule has 1 aromatic heterocycles. The molecule has 4 aromatic rings. The molecule has 7 nitrogen and oxygen atoms in total. The second-order valence-corrected chi connectivity index (χ2v) is 9.65. The summed E-state index contributed by atoms with van der Waals surface area (Å²) in [5.41, 5.74) is 3.06. The molecule has 0 radical (unpaired) electrons. The van der Waals surface area contributed by atoms with Crippen LogP contribution in [0.5, 0.6) is 11.5 Å². The molecule has 35 heavy (non-hydrogen) atoms. The molecule has 178 valence electrons. The van der Waals surface area contributed by atoms with Gasteiger partial charge in [0.05, 0.1) is 17.8 Å². The summed E-state index contributed by atoms with van der Waals surface area (Å²) in [4.78, 5) is 13.0. The van der Waals surface area contributed by atoms with E-state index in [0.29, 0.717) is 11.7 Å². The van der Waals surface area contributed by atoms with Crippen molar-refractivity contribution in [1.29, 1.82) is 0 Å². The molecule has 1 amide bonds. The van der Waals surface area contributed by atoms with Crippen molar-refractivity contribution >= 4 is 17.7 Å². The van der Waals surface area contributed by atoms with E-state index in [1.165, 1.54) is 11.8 Å². The predicted molar refractivity (Wildman–Crippen MR) is 135 cm³/mol. The second-order valence-electron chi connectivity index (χ2n) is 8.35. The molecule has 0 aliphatic carbocycles. The van der Waals surface area contributed by atoms with Crippen LogP contribution in [0.15, 0.2) is 84.0 Å². The first-order valence-corrected chi connectivity index (χ1v) is 12.4. The molecule has 1 N–H and O–H groups in total. The molecule has 2 atom stereocenters. The Bertz CT molecular complexity index is 1310. The highest BCUT2D eigenvalue weighted by Crippen LogP contribution is 2.34. The first-order valence-electron chi connectivity index (χ1n) is 11.5. The summed E-state index contributed by atoms with van der Waals surface area (Å²) in [5.74, 6) is 2.17. The van der Waals surface area contributed by atoms with Crippen LogP contribution in [-0.2, 0) is 11.3 Å². The summed E-state index contributed by atoms with van der Waals surface area (Å²) in [6, 6.07) is 25.7. The number of hydrogen-bond acceptors (Lipinski definition) is 6. The molecule has 0 bridgehead atoms. The number of aromatic nitrogens is 3. The number of carbonyl (C=O) groups is 1. The highest BCUT2D eigenvalue weighted by molar-refractivity contribution is 8.00. The first-order chi connectivity index (χ1) is 17.1. The van der Waals surface area contributed by atoms with Gasteiger partial charge in [-0.1, -0.05) is 78.5 Å². The zero-order valence-corrected chi connectivity index (χ0v) is 20.4. The fourth-order valence-corrected chi connectivity index (χ4v) is 4.77. The number of nitrogens with zero attached hydrogens (tertiary/aromatic N) is 3. The number of nitrogens with one attached hydrogen (secondary N) is 1. The lowest BCUT2D eigenvalue weighted by Crippen LogP contribution is -2.33. The van der Waals surface area contributed by atoms with Crippen molar-refractivity contribution in [1.82, 2.24) is 20.1 Å². The van der Waals surface area contributed by atoms with Gasteiger partial charge in [-0.05, 0) is 37.1 Å². The van der Waals surface area contributed by atoms with E-state index in [4.69, 9.17) is 9.47 Å². The van der Waals surface area contributed by atoms with E-state index >= 15 is 0 Å². The summed E-state index contributed by atoms with van der Waals surface area (Å²) in [6.07, 6.45) is 0. The smallest absolute Gasteiger partial charge is 0.233 e. The largest absolute Gasteiger partial charge is 0.454 e. The molecule has 1 aliphatic rings. The molecule has 1 aliphatic heterocycles. The van der Waals surface area contributed by atoms with Gasteiger partial charge in [-0.2, -0.15) is 0 Å². The minimum absolute atomic E-state index is 0.0507. The number of ether oxygens (including phenoxy) is 2. The topological polar surface area (TPSA) is 78.3 Å². The van der Waals surface area contributed by atoms with Gasteiger partial charge in [-0.15, -0.1) is 10.2 Å². The van der Waals surface area contributed by atoms with Crippen LogP contribution in [0.1, 0.15) is 31.0 Å². The number of fused-ring (bicyclic) bond motifs is 1. The maximum absolute atomic E-state index is 13.0. The standard InChI is InChI=1S/C27H26N4O3S/c1-18(21-9-5-3-6-10-21)28-26(32)19(2)35-27-30-29-25(22-11-7-4-8-12-22)31(27)16-20-13-14-23-24(15-20)34-17-33-23/h3-15,18-19H,16-17H2,1-2H3,(H,28,32). The first kappa shape index (κ1) is 23.0. The Kier molecular flexibility index (Phi) is 6.72. The van der Waals surface area contributed by atoms with Gasteiger partial charge >= 0.3 is 0 Å². The number of thioether (sulfide) groups is 1. The molecule has 0 fully saturated rings. The Morgan fingerprint density at radius 3 is 2.46 bits per heavy atom. The Morgan fingerprint density at radius 1 is 0.971 bits per heavy atom. The van der Waals surface area contributed by atoms with Crippen LogP contribution in [0.2, 0.25) is 0 Å². The maximum Gasteiger partial charge on any atom is 0.233 e. The van der Waals surface area contributed by atoms with Crippen molar-refractivity contribution < 1.29 is 14.3 Å². The number of hydrogen-bond donors (Lipinski definition) is 1. The van der Waals surface area contributed by atoms with Gasteiger partial charge in [0.25, 0.3) is 0 Å². The molecule has 3 aromatic carbocycles. The van der Waals surface area contributed by atoms with Gasteiger partial charge in [0, 0.05) is 5.56 Å². The zero-order chi connectivity index (χ0) is 24.2. The van der Waals surface area contributed by atoms with E-state index in [0.717, 1.165) is 34.0 Å². The fourth-order valence-electron chi connectivity index (χ4n) is 3.91. The third-order valence-electron chi connectivity index (χ3n) is 5.84. The van der Waals surface area contributed by atoms with Gasteiger partial charge < -0.3 is 14.8 Å². The molecule has 0 saturated carbocycles. The van der Waals surface area contributed by atoms with Crippen LogP contribution < -0.4 is 14.8 Å². The quantitative estimate of drug-likeness (QED) is 0.350. The zero-order valence-electron chi connectivity index (χ0n) is 19.5. The van der Waals surface area contributed by atoms with Crippen LogP contribution in [0.3, 0.4) is 0 Å². The summed E-state index contributed by atoms with van der Waals surface area (Å²) < 4.78 is 13.0. The molecule has 0 spiro atoms. The SMILES string of the molecule is CC(Sc1nnc(-c2ccccc2)n1Cc1ccc2c(c1)OCO2)C(=O)NC(C)c1ccccc1. The van der Waals surface area contributed by atoms with E-state index in [2.05, 4.69) is 15.5 Å². The Labute approximate surface area is 208 Å². The van der Waals surface area contributed by atoms with Crippen molar-refractivity contribution in [3.63, 3.8) is 0 Å². The molecule has 0 saturated heterocycles. The summed E-state index contributed by atoms with van der Waals surface area (Å²) in [6.45, 7) is 4.64. The van der Waals surface area contributed by atoms with E-state index in [-0.39, 0.29) is 24.0 Å². The van der Waals surface area contributed by atoms with Crippen LogP contribution in [0.25, 0.3) is 11.4 Å². The average molecular weight is 487 g/mol. The number of amides is 1. The summed E-state index contributed by atoms with van der Waals surface area (Å²) >= 11 is 1.40. The van der Waals surface area contributed by atoms with E-state index < -0.39 is 0 Å². The van der Waals surface area contributed by atoms with Crippen LogP contribution >= 0.6 is 11.8 Å². The molecular formula is C27H26N4O3S. The lowest BCUT2D eigenvalue weighted by molar-refractivity contribution is -0.120. The van der Waals surface area contributed by atoms with Crippen molar-refractivity contribution in [2.75, 3.05) is 6.79 Å². The average Bonchev–Trinajstić information content (AvgIpc) is 3.52. The summed E-state index contributed by atoms with van der Waals surface area (Å²) in [5, 5.41) is 12.4. The van der Waals surface area contributed by atoms with Gasteiger partial charge in [-0.25, -0.2) is 0 Å². The van der Waals surface area contributed by atoms with E-state index in [9.17, 15) is 4.79 Å². The van der Waals surface area contributed by atoms with Gasteiger partial charge in [-0.3, -0.25) is 9.36 Å². The second kappa shape index (κ2) is 10.2. The Balaban J connectivity index is 1.38. The number of benzene rings is 3. The Morgan fingerprint density at radius 2 is 1.69 bits per heavy atom. The van der Waals surface area contributed by atoms with Gasteiger partial charge in [0.15, 0.2) is 22.5 Å². The molecule has 5 rings (SSSR count). The molecule has 2 unspecified atom stereocenters. The minimum Gasteiger partial charge on any atom is -0.454 e. The van der Waals surface area contributed by atoms with Crippen LogP contribution in [0, 0.1) is 0 Å². The minimum atomic E-state index is -0.357. The molecule has 8 heteroatoms. The summed E-state index contributed by atoms with van der Waals surface area (Å²) in [7, 11) is 0. The number of carbonyl (C=O) groups excluding carboxylic acids is 1. The normalized spacial score (nSPS) is 13.9. The molecule has 2 heterocycles. The van der Waals surface area contributed by atoms with Crippen molar-refractivity contribution in [2.45, 2.75) is 36.8 Å². The van der Waals surface area contributed by atoms with Gasteiger partial charge in [0.1, 0.15) is 0 Å². The lowest BCUT2D eigenvalue weighted by atomic mass is 10.1. The van der Waals surface area contributed by atoms with E-state index in [1.54, 1.807) is 0 Å². The van der Waals surface area contributed by atoms with Crippen LogP contribution in [0.4, 0.5) is 0 Å². The lowest BCUT2D eigenvalue weighted by Gasteiger charge is -2.18. The number of rotatable bonds is 8.